The molecule has 7 heteroatoms. The fourth-order valence-corrected chi connectivity index (χ4v) is 4.84. The molecule has 2 rings (SSSR count). The Hall–Kier alpha value is -0.790. The van der Waals surface area contributed by atoms with Crippen molar-refractivity contribution in [3.05, 3.63) is 0 Å². The summed E-state index contributed by atoms with van der Waals surface area (Å²) in [5.74, 6) is 1.40. The van der Waals surface area contributed by atoms with E-state index in [1.54, 1.807) is 6.92 Å². The maximum Gasteiger partial charge on any atom is 0.317 e. The molecule has 1 saturated carbocycles. The zero-order chi connectivity index (χ0) is 19.5. The zero-order valence-electron chi connectivity index (χ0n) is 16.8. The molecule has 1 atom stereocenters. The molecule has 0 aromatic rings. The molecule has 27 heavy (non-hydrogen) atoms. The number of aliphatic hydroxyl groups excluding tert-OH is 1. The molecule has 2 aliphatic rings. The van der Waals surface area contributed by atoms with Gasteiger partial charge in [-0.3, -0.25) is 9.69 Å². The monoisotopic (exact) mass is 399 g/mol. The van der Waals surface area contributed by atoms with E-state index in [1.165, 1.54) is 43.9 Å². The Morgan fingerprint density at radius 2 is 1.93 bits per heavy atom. The smallest absolute Gasteiger partial charge is 0.317 e. The van der Waals surface area contributed by atoms with Crippen LogP contribution >= 0.6 is 11.8 Å². The minimum Gasteiger partial charge on any atom is -0.395 e. The van der Waals surface area contributed by atoms with E-state index in [9.17, 15) is 14.7 Å². The van der Waals surface area contributed by atoms with Gasteiger partial charge in [0, 0.05) is 44.9 Å². The largest absolute Gasteiger partial charge is 0.395 e. The van der Waals surface area contributed by atoms with Crippen molar-refractivity contribution in [1.82, 2.24) is 15.1 Å². The van der Waals surface area contributed by atoms with Gasteiger partial charge < -0.3 is 15.3 Å². The number of nitrogens with one attached hydrogen (secondary N) is 1. The molecule has 156 valence electrons. The number of carbonyl (C=O) groups is 2. The maximum atomic E-state index is 12.7. The highest BCUT2D eigenvalue weighted by atomic mass is 32.2. The van der Waals surface area contributed by atoms with Gasteiger partial charge in [0.1, 0.15) is 0 Å². The lowest BCUT2D eigenvalue weighted by molar-refractivity contribution is -0.109. The summed E-state index contributed by atoms with van der Waals surface area (Å²) in [6.07, 6.45) is 9.79. The summed E-state index contributed by atoms with van der Waals surface area (Å²) in [6, 6.07) is 0.228. The number of likely N-dealkylation sites (tertiary alicyclic amines) is 1. The quantitative estimate of drug-likeness (QED) is 0.591. The molecule has 0 spiro atoms. The highest BCUT2D eigenvalue weighted by molar-refractivity contribution is 8.13. The number of thioether (sulfide) groups is 1. The van der Waals surface area contributed by atoms with Crippen molar-refractivity contribution in [2.75, 3.05) is 45.1 Å². The van der Waals surface area contributed by atoms with Crippen LogP contribution in [0.1, 0.15) is 58.3 Å². The number of nitrogens with zero attached hydrogens (tertiary/aromatic N) is 2. The van der Waals surface area contributed by atoms with Crippen molar-refractivity contribution in [2.45, 2.75) is 64.3 Å². The standard InChI is InChI=1S/C20H37N3O3S/c1-17(25)27-15-14-23(12-9-18-6-3-2-4-7-18)20(26)21-10-13-22-11-5-8-19(22)16-24/h18-19,24H,2-16H2,1H3,(H,21,26)/t19-/m0/s1. The molecule has 0 radical (unpaired) electrons. The molecular weight excluding hydrogens is 362 g/mol. The molecule has 2 fully saturated rings. The van der Waals surface area contributed by atoms with E-state index in [0.29, 0.717) is 18.8 Å². The number of carbonyl (C=O) groups excluding carboxylic acids is 2. The van der Waals surface area contributed by atoms with Gasteiger partial charge in [-0.05, 0) is 31.7 Å². The lowest BCUT2D eigenvalue weighted by Gasteiger charge is -2.28. The van der Waals surface area contributed by atoms with Gasteiger partial charge in [-0.2, -0.15) is 0 Å². The summed E-state index contributed by atoms with van der Waals surface area (Å²) in [5.41, 5.74) is 0. The van der Waals surface area contributed by atoms with E-state index in [1.807, 2.05) is 4.90 Å². The van der Waals surface area contributed by atoms with E-state index in [-0.39, 0.29) is 23.8 Å². The fraction of sp³-hybridized carbons (Fsp3) is 0.900. The van der Waals surface area contributed by atoms with E-state index in [4.69, 9.17) is 0 Å². The Balaban J connectivity index is 1.74. The molecule has 1 aliphatic carbocycles. The first kappa shape index (κ1) is 22.5. The van der Waals surface area contributed by atoms with E-state index in [2.05, 4.69) is 10.2 Å². The molecule has 0 bridgehead atoms. The molecule has 6 nitrogen and oxygen atoms in total. The summed E-state index contributed by atoms with van der Waals surface area (Å²) < 4.78 is 0. The number of amides is 2. The highest BCUT2D eigenvalue weighted by Crippen LogP contribution is 2.26. The third-order valence-corrected chi connectivity index (χ3v) is 6.66. The second-order valence-electron chi connectivity index (χ2n) is 7.87. The maximum absolute atomic E-state index is 12.7. The summed E-state index contributed by atoms with van der Waals surface area (Å²) in [7, 11) is 0. The Morgan fingerprint density at radius 1 is 1.15 bits per heavy atom. The predicted octanol–water partition coefficient (Wildman–Crippen LogP) is 2.70. The lowest BCUT2D eigenvalue weighted by atomic mass is 9.87. The molecule has 0 aromatic carbocycles. The van der Waals surface area contributed by atoms with E-state index < -0.39 is 0 Å². The molecule has 1 heterocycles. The van der Waals surface area contributed by atoms with Crippen LogP contribution in [0.15, 0.2) is 0 Å². The van der Waals surface area contributed by atoms with Gasteiger partial charge in [0.25, 0.3) is 0 Å². The summed E-state index contributed by atoms with van der Waals surface area (Å²) in [6.45, 7) is 5.56. The first-order valence-electron chi connectivity index (χ1n) is 10.6. The summed E-state index contributed by atoms with van der Waals surface area (Å²) in [5, 5.41) is 12.6. The number of urea groups is 1. The van der Waals surface area contributed by atoms with Crippen LogP contribution in [0.25, 0.3) is 0 Å². The van der Waals surface area contributed by atoms with Crippen molar-refractivity contribution >= 4 is 22.9 Å². The van der Waals surface area contributed by atoms with Crippen LogP contribution < -0.4 is 5.32 Å². The number of hydrogen-bond acceptors (Lipinski definition) is 5. The minimum absolute atomic E-state index is 0.0188. The Labute approximate surface area is 168 Å². The summed E-state index contributed by atoms with van der Waals surface area (Å²) >= 11 is 1.29. The number of rotatable bonds is 10. The second-order valence-corrected chi connectivity index (χ2v) is 9.14. The predicted molar refractivity (Wildman–Crippen MR) is 111 cm³/mol. The SMILES string of the molecule is CC(=O)SCCN(CCC1CCCCC1)C(=O)NCCN1CCC[C@H]1CO. The second kappa shape index (κ2) is 12.6. The van der Waals surface area contributed by atoms with Gasteiger partial charge in [-0.1, -0.05) is 43.9 Å². The van der Waals surface area contributed by atoms with Gasteiger partial charge in [0.2, 0.25) is 0 Å². The Morgan fingerprint density at radius 3 is 2.63 bits per heavy atom. The fourth-order valence-electron chi connectivity index (χ4n) is 4.24. The van der Waals surface area contributed by atoms with Crippen LogP contribution in [0, 0.1) is 5.92 Å². The van der Waals surface area contributed by atoms with Crippen LogP contribution in [0.3, 0.4) is 0 Å². The minimum atomic E-state index is -0.0188. The average molecular weight is 400 g/mol. The number of aliphatic hydroxyl groups is 1. The molecule has 2 N–H and O–H groups in total. The van der Waals surface area contributed by atoms with Gasteiger partial charge in [-0.15, -0.1) is 0 Å². The first-order valence-corrected chi connectivity index (χ1v) is 11.6. The lowest BCUT2D eigenvalue weighted by Crippen LogP contribution is -2.45. The van der Waals surface area contributed by atoms with Gasteiger partial charge >= 0.3 is 6.03 Å². The Bertz CT molecular complexity index is 458. The normalized spacial score (nSPS) is 21.3. The summed E-state index contributed by atoms with van der Waals surface area (Å²) in [4.78, 5) is 28.0. The van der Waals surface area contributed by atoms with Gasteiger partial charge in [0.05, 0.1) is 6.61 Å². The third kappa shape index (κ3) is 8.40. The molecule has 0 aromatic heterocycles. The molecule has 2 amide bonds. The number of hydrogen-bond donors (Lipinski definition) is 2. The van der Waals surface area contributed by atoms with Gasteiger partial charge in [0.15, 0.2) is 5.12 Å². The van der Waals surface area contributed by atoms with Crippen molar-refractivity contribution in [2.24, 2.45) is 5.92 Å². The van der Waals surface area contributed by atoms with Crippen LogP contribution in [-0.4, -0.2) is 77.2 Å². The van der Waals surface area contributed by atoms with Crippen molar-refractivity contribution < 1.29 is 14.7 Å². The van der Waals surface area contributed by atoms with Crippen LogP contribution in [0.5, 0.6) is 0 Å². The van der Waals surface area contributed by atoms with Gasteiger partial charge in [-0.25, -0.2) is 4.79 Å². The molecule has 0 unspecified atom stereocenters. The van der Waals surface area contributed by atoms with Crippen LogP contribution in [0.4, 0.5) is 4.79 Å². The van der Waals surface area contributed by atoms with E-state index in [0.717, 1.165) is 44.8 Å². The van der Waals surface area contributed by atoms with Crippen molar-refractivity contribution in [3.63, 3.8) is 0 Å². The van der Waals surface area contributed by atoms with Crippen LogP contribution in [0.2, 0.25) is 0 Å². The zero-order valence-corrected chi connectivity index (χ0v) is 17.6. The topological polar surface area (TPSA) is 72.9 Å². The molecule has 1 saturated heterocycles. The van der Waals surface area contributed by atoms with Crippen molar-refractivity contribution in [1.29, 1.82) is 0 Å². The Kier molecular flexibility index (Phi) is 10.5. The first-order chi connectivity index (χ1) is 13.1. The molecular formula is C20H37N3O3S. The van der Waals surface area contributed by atoms with Crippen molar-refractivity contribution in [3.8, 4) is 0 Å². The molecule has 1 aliphatic heterocycles. The average Bonchev–Trinajstić information content (AvgIpc) is 3.12. The van der Waals surface area contributed by atoms with E-state index >= 15 is 0 Å². The van der Waals surface area contributed by atoms with Crippen LogP contribution in [-0.2, 0) is 4.79 Å². The highest BCUT2D eigenvalue weighted by Gasteiger charge is 2.23. The third-order valence-electron chi connectivity index (χ3n) is 5.87.